The second kappa shape index (κ2) is 6.94. The number of rotatable bonds is 4. The summed E-state index contributed by atoms with van der Waals surface area (Å²) in [6.45, 7) is 1.62. The molecule has 1 saturated heterocycles. The van der Waals surface area contributed by atoms with Crippen molar-refractivity contribution in [3.8, 4) is 0 Å². The number of amides is 1. The fraction of sp³-hybridized carbons (Fsp3) is 0.444. The van der Waals surface area contributed by atoms with Crippen LogP contribution in [0.25, 0.3) is 0 Å². The van der Waals surface area contributed by atoms with Gasteiger partial charge in [-0.2, -0.15) is 5.10 Å². The Hall–Kier alpha value is -2.17. The summed E-state index contributed by atoms with van der Waals surface area (Å²) in [5.74, 6) is 0.388. The van der Waals surface area contributed by atoms with E-state index in [1.54, 1.807) is 17.1 Å². The first-order valence-electron chi connectivity index (χ1n) is 8.14. The Morgan fingerprint density at radius 1 is 1.35 bits per heavy atom. The second-order valence-corrected chi connectivity index (χ2v) is 6.33. The number of hydrogen-bond donors (Lipinski definition) is 0. The summed E-state index contributed by atoms with van der Waals surface area (Å²) in [4.78, 5) is 14.4. The van der Waals surface area contributed by atoms with Gasteiger partial charge >= 0.3 is 0 Å². The lowest BCUT2D eigenvalue weighted by Gasteiger charge is -2.32. The molecule has 0 saturated carbocycles. The number of nitrogens with zero attached hydrogens (tertiary/aromatic N) is 3. The van der Waals surface area contributed by atoms with E-state index < -0.39 is 0 Å². The molecule has 1 fully saturated rings. The fourth-order valence-corrected chi connectivity index (χ4v) is 3.22. The number of likely N-dealkylation sites (tertiary alicyclic amines) is 1. The molecule has 0 N–H and O–H groups in total. The van der Waals surface area contributed by atoms with E-state index in [0.717, 1.165) is 44.3 Å². The number of carbonyl (C=O) groups is 1. The van der Waals surface area contributed by atoms with Crippen LogP contribution in [-0.4, -0.2) is 33.7 Å². The molecule has 1 amide bonds. The minimum atomic E-state index is -0.195. The van der Waals surface area contributed by atoms with E-state index in [1.165, 1.54) is 12.1 Å². The zero-order valence-corrected chi connectivity index (χ0v) is 13.4. The first-order chi connectivity index (χ1) is 11.1. The van der Waals surface area contributed by atoms with Crippen LogP contribution in [0, 0.1) is 11.7 Å². The van der Waals surface area contributed by atoms with E-state index in [2.05, 4.69) is 5.10 Å². The Kier molecular flexibility index (Phi) is 4.74. The van der Waals surface area contributed by atoms with Crippen LogP contribution in [0.3, 0.4) is 0 Å². The van der Waals surface area contributed by atoms with E-state index >= 15 is 0 Å². The number of benzene rings is 1. The van der Waals surface area contributed by atoms with E-state index in [4.69, 9.17) is 0 Å². The molecule has 23 heavy (non-hydrogen) atoms. The van der Waals surface area contributed by atoms with Gasteiger partial charge in [0.05, 0.1) is 11.8 Å². The first-order valence-corrected chi connectivity index (χ1v) is 8.14. The Bertz CT molecular complexity index is 665. The van der Waals surface area contributed by atoms with Gasteiger partial charge in [-0.25, -0.2) is 4.39 Å². The molecular weight excluding hydrogens is 293 g/mol. The first kappa shape index (κ1) is 15.7. The van der Waals surface area contributed by atoms with Gasteiger partial charge in [-0.05, 0) is 49.3 Å². The van der Waals surface area contributed by atoms with Gasteiger partial charge in [0, 0.05) is 26.3 Å². The molecule has 1 unspecified atom stereocenters. The third-order valence-electron chi connectivity index (χ3n) is 4.51. The van der Waals surface area contributed by atoms with Crippen molar-refractivity contribution in [2.75, 3.05) is 13.1 Å². The standard InChI is InChI=1S/C18H22FN3O/c1-21-13-16(11-20-21)18(23)22-10-2-3-15(12-22)5-4-14-6-8-17(19)9-7-14/h6-9,11,13,15H,2-5,10,12H2,1H3. The Labute approximate surface area is 135 Å². The molecule has 1 aliphatic heterocycles. The molecule has 1 aromatic heterocycles. The van der Waals surface area contributed by atoms with Crippen molar-refractivity contribution in [3.05, 3.63) is 53.6 Å². The maximum Gasteiger partial charge on any atom is 0.257 e. The lowest BCUT2D eigenvalue weighted by Crippen LogP contribution is -2.40. The van der Waals surface area contributed by atoms with E-state index in [9.17, 15) is 9.18 Å². The van der Waals surface area contributed by atoms with Crippen LogP contribution in [-0.2, 0) is 13.5 Å². The average molecular weight is 315 g/mol. The Balaban J connectivity index is 1.55. The van der Waals surface area contributed by atoms with Crippen LogP contribution < -0.4 is 0 Å². The van der Waals surface area contributed by atoms with Crippen molar-refractivity contribution in [2.45, 2.75) is 25.7 Å². The van der Waals surface area contributed by atoms with Gasteiger partial charge in [0.15, 0.2) is 0 Å². The smallest absolute Gasteiger partial charge is 0.257 e. The number of aromatic nitrogens is 2. The van der Waals surface area contributed by atoms with Crippen LogP contribution in [0.15, 0.2) is 36.7 Å². The molecule has 3 rings (SSSR count). The van der Waals surface area contributed by atoms with E-state index in [0.29, 0.717) is 11.5 Å². The third-order valence-corrected chi connectivity index (χ3v) is 4.51. The van der Waals surface area contributed by atoms with Gasteiger partial charge in [-0.1, -0.05) is 12.1 Å². The topological polar surface area (TPSA) is 38.1 Å². The SMILES string of the molecule is Cn1cc(C(=O)N2CCCC(CCc3ccc(F)cc3)C2)cn1. The van der Waals surface area contributed by atoms with Gasteiger partial charge in [0.1, 0.15) is 5.82 Å². The van der Waals surface area contributed by atoms with Crippen molar-refractivity contribution >= 4 is 5.91 Å². The Morgan fingerprint density at radius 2 is 2.13 bits per heavy atom. The molecule has 1 aromatic carbocycles. The normalized spacial score (nSPS) is 18.2. The van der Waals surface area contributed by atoms with Gasteiger partial charge in [0.25, 0.3) is 5.91 Å². The highest BCUT2D eigenvalue weighted by molar-refractivity contribution is 5.93. The zero-order valence-electron chi connectivity index (χ0n) is 13.4. The monoisotopic (exact) mass is 315 g/mol. The molecule has 2 heterocycles. The highest BCUT2D eigenvalue weighted by Crippen LogP contribution is 2.23. The molecule has 4 nitrogen and oxygen atoms in total. The minimum absolute atomic E-state index is 0.0737. The van der Waals surface area contributed by atoms with Gasteiger partial charge in [-0.3, -0.25) is 9.48 Å². The van der Waals surface area contributed by atoms with Crippen LogP contribution >= 0.6 is 0 Å². The summed E-state index contributed by atoms with van der Waals surface area (Å²) >= 11 is 0. The number of carbonyl (C=O) groups excluding carboxylic acids is 1. The van der Waals surface area contributed by atoms with Gasteiger partial charge in [-0.15, -0.1) is 0 Å². The van der Waals surface area contributed by atoms with Crippen molar-refractivity contribution in [1.29, 1.82) is 0 Å². The third kappa shape index (κ3) is 3.97. The molecule has 0 bridgehead atoms. The summed E-state index contributed by atoms with van der Waals surface area (Å²) in [5, 5.41) is 4.07. The quantitative estimate of drug-likeness (QED) is 0.870. The van der Waals surface area contributed by atoms with Gasteiger partial charge < -0.3 is 4.90 Å². The average Bonchev–Trinajstić information content (AvgIpc) is 3.00. The molecule has 5 heteroatoms. The number of aryl methyl sites for hydroxylation is 2. The molecule has 1 aliphatic rings. The maximum absolute atomic E-state index is 12.9. The number of hydrogen-bond acceptors (Lipinski definition) is 2. The molecule has 2 aromatic rings. The van der Waals surface area contributed by atoms with Gasteiger partial charge in [0.2, 0.25) is 0 Å². The van der Waals surface area contributed by atoms with Crippen LogP contribution in [0.5, 0.6) is 0 Å². The number of piperidine rings is 1. The summed E-state index contributed by atoms with van der Waals surface area (Å²) in [6.07, 6.45) is 7.55. The molecule has 0 spiro atoms. The fourth-order valence-electron chi connectivity index (χ4n) is 3.22. The molecule has 122 valence electrons. The van der Waals surface area contributed by atoms with Crippen molar-refractivity contribution < 1.29 is 9.18 Å². The van der Waals surface area contributed by atoms with Crippen LogP contribution in [0.2, 0.25) is 0 Å². The predicted molar refractivity (Wildman–Crippen MR) is 86.6 cm³/mol. The molecular formula is C18H22FN3O. The Morgan fingerprint density at radius 3 is 2.83 bits per heavy atom. The highest BCUT2D eigenvalue weighted by Gasteiger charge is 2.24. The predicted octanol–water partition coefficient (Wildman–Crippen LogP) is 3.04. The lowest BCUT2D eigenvalue weighted by atomic mass is 9.91. The maximum atomic E-state index is 12.9. The lowest BCUT2D eigenvalue weighted by molar-refractivity contribution is 0.0668. The summed E-state index contributed by atoms with van der Waals surface area (Å²) in [5.41, 5.74) is 1.81. The molecule has 1 atom stereocenters. The largest absolute Gasteiger partial charge is 0.338 e. The zero-order chi connectivity index (χ0) is 16.2. The second-order valence-electron chi connectivity index (χ2n) is 6.33. The molecule has 0 radical (unpaired) electrons. The summed E-state index contributed by atoms with van der Waals surface area (Å²) in [6, 6.07) is 6.70. The van der Waals surface area contributed by atoms with Crippen LogP contribution in [0.1, 0.15) is 35.2 Å². The minimum Gasteiger partial charge on any atom is -0.338 e. The van der Waals surface area contributed by atoms with Crippen molar-refractivity contribution in [2.24, 2.45) is 13.0 Å². The van der Waals surface area contributed by atoms with Crippen molar-refractivity contribution in [1.82, 2.24) is 14.7 Å². The molecule has 0 aliphatic carbocycles. The van der Waals surface area contributed by atoms with Crippen LogP contribution in [0.4, 0.5) is 4.39 Å². The van der Waals surface area contributed by atoms with E-state index in [-0.39, 0.29) is 11.7 Å². The highest BCUT2D eigenvalue weighted by atomic mass is 19.1. The number of halogens is 1. The van der Waals surface area contributed by atoms with E-state index in [1.807, 2.05) is 24.1 Å². The summed E-state index contributed by atoms with van der Waals surface area (Å²) in [7, 11) is 1.82. The summed E-state index contributed by atoms with van der Waals surface area (Å²) < 4.78 is 14.6. The van der Waals surface area contributed by atoms with Crippen molar-refractivity contribution in [3.63, 3.8) is 0 Å².